The van der Waals surface area contributed by atoms with E-state index in [0.29, 0.717) is 11.4 Å². The Labute approximate surface area is 196 Å². The number of fused-ring (bicyclic) bond motifs is 2. The van der Waals surface area contributed by atoms with Gasteiger partial charge in [0.2, 0.25) is 5.91 Å². The highest BCUT2D eigenvalue weighted by Gasteiger charge is 2.60. The molecule has 0 aliphatic carbocycles. The molecule has 2 saturated heterocycles. The maximum atomic E-state index is 13.8. The fourth-order valence-corrected chi connectivity index (χ4v) is 5.02. The molecule has 2 heterocycles. The van der Waals surface area contributed by atoms with E-state index in [9.17, 15) is 9.59 Å². The van der Waals surface area contributed by atoms with Gasteiger partial charge in [-0.15, -0.1) is 0 Å². The van der Waals surface area contributed by atoms with Crippen LogP contribution in [0.4, 0.5) is 11.4 Å². The van der Waals surface area contributed by atoms with Gasteiger partial charge in [0.25, 0.3) is 5.91 Å². The Balaban J connectivity index is 1.48. The molecule has 0 bridgehead atoms. The molecule has 34 heavy (non-hydrogen) atoms. The van der Waals surface area contributed by atoms with Gasteiger partial charge in [0, 0.05) is 0 Å². The van der Waals surface area contributed by atoms with Crippen LogP contribution in [0.3, 0.4) is 0 Å². The lowest BCUT2D eigenvalue weighted by Crippen LogP contribution is -2.37. The summed E-state index contributed by atoms with van der Waals surface area (Å²) in [6.45, 7) is 0. The molecule has 0 unspecified atom stereocenters. The maximum Gasteiger partial charge on any atom is 0.266 e. The molecular weight excluding hydrogens is 428 g/mol. The van der Waals surface area contributed by atoms with Crippen LogP contribution in [-0.2, 0) is 14.4 Å². The van der Waals surface area contributed by atoms with Crippen LogP contribution in [0, 0.1) is 5.92 Å². The van der Waals surface area contributed by atoms with Gasteiger partial charge in [0.05, 0.1) is 24.5 Å². The number of hydroxylamine groups is 1. The average molecular weight is 450 g/mol. The molecule has 0 radical (unpaired) electrons. The standard InChI is InChI=1S/C28H22N2O4/c1-33-21-16-14-19(15-17-21)29-27(31)24-25(23-13-7-9-18-8-5-6-12-22(18)23)30(34-26(24)28(29)32)20-10-3-2-4-11-20/h2-17,24-26H,1H3/t24-,25+,26+/m0/s1. The highest BCUT2D eigenvalue weighted by atomic mass is 16.7. The van der Waals surface area contributed by atoms with Crippen LogP contribution in [0.5, 0.6) is 5.75 Å². The van der Waals surface area contributed by atoms with Crippen molar-refractivity contribution in [3.63, 3.8) is 0 Å². The lowest BCUT2D eigenvalue weighted by Gasteiger charge is -2.29. The molecular formula is C28H22N2O4. The normalized spacial score (nSPS) is 21.9. The first-order chi connectivity index (χ1) is 16.7. The molecule has 6 heteroatoms. The molecule has 4 aromatic carbocycles. The number of imide groups is 1. The summed E-state index contributed by atoms with van der Waals surface area (Å²) in [6.07, 6.45) is -0.904. The fraction of sp³-hybridized carbons (Fsp3) is 0.143. The van der Waals surface area contributed by atoms with Crippen molar-refractivity contribution in [2.75, 3.05) is 17.1 Å². The SMILES string of the molecule is COc1ccc(N2C(=O)[C@H]3[C@@H](c4cccc5ccccc45)N(c4ccccc4)O[C@H]3C2=O)cc1. The first-order valence-corrected chi connectivity index (χ1v) is 11.2. The smallest absolute Gasteiger partial charge is 0.266 e. The molecule has 0 aromatic heterocycles. The first kappa shape index (κ1) is 20.4. The van der Waals surface area contributed by atoms with E-state index in [0.717, 1.165) is 22.0 Å². The van der Waals surface area contributed by atoms with E-state index in [1.165, 1.54) is 4.90 Å². The van der Waals surface area contributed by atoms with Crippen molar-refractivity contribution in [1.82, 2.24) is 0 Å². The third-order valence-corrected chi connectivity index (χ3v) is 6.60. The molecule has 6 rings (SSSR count). The highest BCUT2D eigenvalue weighted by Crippen LogP contribution is 2.48. The Morgan fingerprint density at radius 2 is 1.44 bits per heavy atom. The van der Waals surface area contributed by atoms with Crippen LogP contribution < -0.4 is 14.7 Å². The molecule has 4 aromatic rings. The Morgan fingerprint density at radius 3 is 2.21 bits per heavy atom. The molecule has 0 saturated carbocycles. The van der Waals surface area contributed by atoms with Crippen LogP contribution in [0.15, 0.2) is 97.1 Å². The van der Waals surface area contributed by atoms with Crippen molar-refractivity contribution >= 4 is 34.0 Å². The Bertz CT molecular complexity index is 1380. The minimum Gasteiger partial charge on any atom is -0.497 e. The van der Waals surface area contributed by atoms with Gasteiger partial charge in [-0.2, -0.15) is 0 Å². The van der Waals surface area contributed by atoms with Crippen LogP contribution >= 0.6 is 0 Å². The summed E-state index contributed by atoms with van der Waals surface area (Å²) in [5, 5.41) is 3.83. The van der Waals surface area contributed by atoms with Gasteiger partial charge >= 0.3 is 0 Å². The van der Waals surface area contributed by atoms with Gasteiger partial charge in [-0.05, 0) is 52.7 Å². The van der Waals surface area contributed by atoms with Gasteiger partial charge < -0.3 is 4.74 Å². The number of rotatable bonds is 4. The highest BCUT2D eigenvalue weighted by molar-refractivity contribution is 6.24. The number of hydrogen-bond acceptors (Lipinski definition) is 5. The van der Waals surface area contributed by atoms with Crippen molar-refractivity contribution in [2.24, 2.45) is 5.92 Å². The lowest BCUT2D eigenvalue weighted by atomic mass is 9.87. The van der Waals surface area contributed by atoms with E-state index in [1.807, 2.05) is 72.8 Å². The number of amides is 2. The first-order valence-electron chi connectivity index (χ1n) is 11.2. The second-order valence-corrected chi connectivity index (χ2v) is 8.44. The Kier molecular flexibility index (Phi) is 4.81. The van der Waals surface area contributed by atoms with Crippen molar-refractivity contribution in [3.05, 3.63) is 103 Å². The van der Waals surface area contributed by atoms with E-state index in [4.69, 9.17) is 9.57 Å². The number of ether oxygens (including phenoxy) is 1. The van der Waals surface area contributed by atoms with Crippen LogP contribution in [0.1, 0.15) is 11.6 Å². The summed E-state index contributed by atoms with van der Waals surface area (Å²) in [7, 11) is 1.58. The molecule has 0 spiro atoms. The van der Waals surface area contributed by atoms with Crippen LogP contribution in [-0.4, -0.2) is 25.0 Å². The predicted molar refractivity (Wildman–Crippen MR) is 129 cm³/mol. The molecule has 2 aliphatic heterocycles. The zero-order valence-electron chi connectivity index (χ0n) is 18.5. The molecule has 2 amide bonds. The number of hydrogen-bond donors (Lipinski definition) is 0. The molecule has 0 N–H and O–H groups in total. The van der Waals surface area contributed by atoms with Crippen LogP contribution in [0.25, 0.3) is 10.8 Å². The third-order valence-electron chi connectivity index (χ3n) is 6.60. The number of methoxy groups -OCH3 is 1. The second kappa shape index (κ2) is 8.01. The van der Waals surface area contributed by atoms with Gasteiger partial charge in [-0.1, -0.05) is 60.7 Å². The molecule has 2 fully saturated rings. The minimum absolute atomic E-state index is 0.267. The molecule has 2 aliphatic rings. The monoisotopic (exact) mass is 450 g/mol. The molecule has 3 atom stereocenters. The van der Waals surface area contributed by atoms with E-state index < -0.39 is 18.1 Å². The number of para-hydroxylation sites is 1. The van der Waals surface area contributed by atoms with Gasteiger partial charge in [-0.3, -0.25) is 14.4 Å². The summed E-state index contributed by atoms with van der Waals surface area (Å²) in [6, 6.07) is 30.2. The number of carbonyl (C=O) groups is 2. The van der Waals surface area contributed by atoms with E-state index in [1.54, 1.807) is 36.4 Å². The zero-order chi connectivity index (χ0) is 23.2. The number of nitrogens with zero attached hydrogens (tertiary/aromatic N) is 2. The predicted octanol–water partition coefficient (Wildman–Crippen LogP) is 4.90. The van der Waals surface area contributed by atoms with Gasteiger partial charge in [-0.25, -0.2) is 9.96 Å². The maximum absolute atomic E-state index is 13.8. The van der Waals surface area contributed by atoms with Gasteiger partial charge in [0.1, 0.15) is 11.7 Å². The molecule has 168 valence electrons. The van der Waals surface area contributed by atoms with Crippen molar-refractivity contribution < 1.29 is 19.2 Å². The van der Waals surface area contributed by atoms with E-state index in [-0.39, 0.29) is 11.8 Å². The summed E-state index contributed by atoms with van der Waals surface area (Å²) in [5.74, 6) is -0.649. The Morgan fingerprint density at radius 1 is 0.735 bits per heavy atom. The van der Waals surface area contributed by atoms with Crippen molar-refractivity contribution in [3.8, 4) is 5.75 Å². The number of anilines is 2. The summed E-state index contributed by atoms with van der Waals surface area (Å²) >= 11 is 0. The quantitative estimate of drug-likeness (QED) is 0.414. The van der Waals surface area contributed by atoms with Crippen molar-refractivity contribution in [1.29, 1.82) is 0 Å². The van der Waals surface area contributed by atoms with Crippen LogP contribution in [0.2, 0.25) is 0 Å². The lowest BCUT2D eigenvalue weighted by molar-refractivity contribution is -0.126. The zero-order valence-corrected chi connectivity index (χ0v) is 18.5. The molecule has 6 nitrogen and oxygen atoms in total. The minimum atomic E-state index is -0.904. The summed E-state index contributed by atoms with van der Waals surface area (Å²) in [5.41, 5.74) is 2.26. The van der Waals surface area contributed by atoms with Crippen molar-refractivity contribution in [2.45, 2.75) is 12.1 Å². The second-order valence-electron chi connectivity index (χ2n) is 8.44. The summed E-state index contributed by atoms with van der Waals surface area (Å²) in [4.78, 5) is 34.8. The third kappa shape index (κ3) is 3.07. The number of carbonyl (C=O) groups excluding carboxylic acids is 2. The van der Waals surface area contributed by atoms with E-state index >= 15 is 0 Å². The fourth-order valence-electron chi connectivity index (χ4n) is 5.02. The Hall–Kier alpha value is -4.16. The topological polar surface area (TPSA) is 59.1 Å². The van der Waals surface area contributed by atoms with E-state index in [2.05, 4.69) is 0 Å². The van der Waals surface area contributed by atoms with Gasteiger partial charge in [0.15, 0.2) is 6.10 Å². The summed E-state index contributed by atoms with van der Waals surface area (Å²) < 4.78 is 5.22. The largest absolute Gasteiger partial charge is 0.497 e. The average Bonchev–Trinajstić information content (AvgIpc) is 3.40. The number of benzene rings is 4.